The Bertz CT molecular complexity index is 915. The van der Waals surface area contributed by atoms with E-state index in [1.165, 1.54) is 5.56 Å². The van der Waals surface area contributed by atoms with E-state index in [0.29, 0.717) is 13.2 Å². The smallest absolute Gasteiger partial charge is 0.191 e. The number of furan rings is 1. The fraction of sp³-hybridized carbons (Fsp3) is 0.364. The highest BCUT2D eigenvalue weighted by Gasteiger charge is 2.22. The van der Waals surface area contributed by atoms with Crippen molar-refractivity contribution >= 4 is 41.3 Å². The van der Waals surface area contributed by atoms with E-state index in [2.05, 4.69) is 28.6 Å². The third-order valence-corrected chi connectivity index (χ3v) is 5.92. The lowest BCUT2D eigenvalue weighted by Gasteiger charge is -2.28. The number of aliphatic imine (C=N–C) groups is 1. The Balaban J connectivity index is 0.00000256. The summed E-state index contributed by atoms with van der Waals surface area (Å²) in [5.74, 6) is 2.99. The molecule has 6 nitrogen and oxygen atoms in total. The molecule has 2 unspecified atom stereocenters. The third-order valence-electron chi connectivity index (χ3n) is 4.91. The predicted octanol–water partition coefficient (Wildman–Crippen LogP) is 4.76. The molecule has 3 aromatic rings. The minimum absolute atomic E-state index is 0. The fourth-order valence-corrected chi connectivity index (χ4v) is 4.04. The van der Waals surface area contributed by atoms with Crippen molar-refractivity contribution in [1.82, 2.24) is 15.6 Å². The highest BCUT2D eigenvalue weighted by molar-refractivity contribution is 14.0. The number of halogens is 1. The Morgan fingerprint density at radius 3 is 3.00 bits per heavy atom. The van der Waals surface area contributed by atoms with Crippen molar-refractivity contribution in [3.63, 3.8) is 0 Å². The molecule has 1 aliphatic heterocycles. The summed E-state index contributed by atoms with van der Waals surface area (Å²) in [6, 6.07) is 12.3. The van der Waals surface area contributed by atoms with Crippen LogP contribution in [0.15, 0.2) is 63.6 Å². The molecule has 2 N–H and O–H groups in total. The molecule has 8 heteroatoms. The molecule has 0 spiro atoms. The maximum absolute atomic E-state index is 5.79. The van der Waals surface area contributed by atoms with Gasteiger partial charge in [0.25, 0.3) is 0 Å². The third kappa shape index (κ3) is 5.98. The first-order valence-electron chi connectivity index (χ1n) is 9.98. The number of benzene rings is 1. The standard InChI is InChI=1S/C22H26N4O2S.HI/c1-16(21-23-11-14-29-21)15-25-22(24-10-8-17-5-4-12-27-17)26-19-9-13-28-20-7-3-2-6-18(19)20;/h2-7,11-12,14,16,19H,8-10,13,15H2,1H3,(H2,24,25,26);1H. The minimum atomic E-state index is 0. The Labute approximate surface area is 198 Å². The summed E-state index contributed by atoms with van der Waals surface area (Å²) in [5.41, 5.74) is 1.17. The highest BCUT2D eigenvalue weighted by Crippen LogP contribution is 2.31. The van der Waals surface area contributed by atoms with Crippen LogP contribution >= 0.6 is 35.3 Å². The topological polar surface area (TPSA) is 71.7 Å². The predicted molar refractivity (Wildman–Crippen MR) is 131 cm³/mol. The van der Waals surface area contributed by atoms with E-state index < -0.39 is 0 Å². The second kappa shape index (κ2) is 11.4. The normalized spacial score (nSPS) is 16.7. The molecule has 1 aromatic carbocycles. The van der Waals surface area contributed by atoms with Crippen LogP contribution < -0.4 is 15.4 Å². The molecular weight excluding hydrogens is 511 g/mol. The van der Waals surface area contributed by atoms with Crippen LogP contribution in [0.2, 0.25) is 0 Å². The highest BCUT2D eigenvalue weighted by atomic mass is 127. The van der Waals surface area contributed by atoms with Crippen LogP contribution in [0.25, 0.3) is 0 Å². The average molecular weight is 538 g/mol. The van der Waals surface area contributed by atoms with Gasteiger partial charge in [-0.3, -0.25) is 4.99 Å². The Morgan fingerprint density at radius 2 is 2.20 bits per heavy atom. The van der Waals surface area contributed by atoms with E-state index in [-0.39, 0.29) is 35.9 Å². The summed E-state index contributed by atoms with van der Waals surface area (Å²) in [4.78, 5) is 9.27. The largest absolute Gasteiger partial charge is 0.493 e. The summed E-state index contributed by atoms with van der Waals surface area (Å²) in [6.07, 6.45) is 5.26. The van der Waals surface area contributed by atoms with E-state index in [4.69, 9.17) is 14.1 Å². The number of hydrogen-bond donors (Lipinski definition) is 2. The molecule has 0 saturated carbocycles. The summed E-state index contributed by atoms with van der Waals surface area (Å²) in [6.45, 7) is 4.28. The van der Waals surface area contributed by atoms with Gasteiger partial charge in [-0.25, -0.2) is 4.98 Å². The first kappa shape index (κ1) is 22.6. The molecule has 0 saturated heterocycles. The van der Waals surface area contributed by atoms with Crippen LogP contribution in [0.3, 0.4) is 0 Å². The summed E-state index contributed by atoms with van der Waals surface area (Å²) in [7, 11) is 0. The van der Waals surface area contributed by atoms with Crippen LogP contribution in [0.1, 0.15) is 41.6 Å². The van der Waals surface area contributed by atoms with Crippen molar-refractivity contribution in [2.24, 2.45) is 4.99 Å². The van der Waals surface area contributed by atoms with Gasteiger partial charge in [0.2, 0.25) is 0 Å². The lowest BCUT2D eigenvalue weighted by molar-refractivity contribution is 0.261. The monoisotopic (exact) mass is 538 g/mol. The van der Waals surface area contributed by atoms with Crippen molar-refractivity contribution in [2.75, 3.05) is 19.7 Å². The average Bonchev–Trinajstić information content (AvgIpc) is 3.46. The van der Waals surface area contributed by atoms with Gasteiger partial charge < -0.3 is 19.8 Å². The number of ether oxygens (including phenoxy) is 1. The van der Waals surface area contributed by atoms with E-state index in [0.717, 1.165) is 41.9 Å². The zero-order valence-corrected chi connectivity index (χ0v) is 20.1. The quantitative estimate of drug-likeness (QED) is 0.258. The lowest BCUT2D eigenvalue weighted by atomic mass is 10.0. The molecule has 0 amide bonds. The Morgan fingerprint density at radius 1 is 1.30 bits per heavy atom. The number of thiazole rings is 1. The molecule has 1 aliphatic rings. The number of rotatable bonds is 7. The van der Waals surface area contributed by atoms with Crippen molar-refractivity contribution in [1.29, 1.82) is 0 Å². The van der Waals surface area contributed by atoms with Gasteiger partial charge in [0.1, 0.15) is 11.5 Å². The Kier molecular flexibility index (Phi) is 8.56. The van der Waals surface area contributed by atoms with Gasteiger partial charge in [-0.05, 0) is 18.2 Å². The summed E-state index contributed by atoms with van der Waals surface area (Å²) in [5, 5.41) is 10.2. The van der Waals surface area contributed by atoms with Crippen molar-refractivity contribution in [2.45, 2.75) is 31.7 Å². The number of hydrogen-bond acceptors (Lipinski definition) is 5. The zero-order chi connectivity index (χ0) is 19.9. The molecule has 2 aromatic heterocycles. The number of guanidine groups is 1. The molecular formula is C22H27IN4O2S. The molecule has 2 atom stereocenters. The first-order chi connectivity index (χ1) is 14.3. The van der Waals surface area contributed by atoms with Gasteiger partial charge in [-0.1, -0.05) is 25.1 Å². The van der Waals surface area contributed by atoms with E-state index in [1.807, 2.05) is 41.9 Å². The minimum Gasteiger partial charge on any atom is -0.493 e. The fourth-order valence-electron chi connectivity index (χ4n) is 3.35. The summed E-state index contributed by atoms with van der Waals surface area (Å²) < 4.78 is 11.2. The number of aromatic nitrogens is 1. The number of nitrogens with zero attached hydrogens (tertiary/aromatic N) is 2. The van der Waals surface area contributed by atoms with Crippen LogP contribution in [-0.2, 0) is 6.42 Å². The SMILES string of the molecule is CC(CN=C(NCCc1ccco1)NC1CCOc2ccccc21)c1nccs1.I. The number of nitrogens with one attached hydrogen (secondary N) is 2. The lowest BCUT2D eigenvalue weighted by Crippen LogP contribution is -2.42. The maximum Gasteiger partial charge on any atom is 0.191 e. The molecule has 0 fully saturated rings. The maximum atomic E-state index is 5.79. The molecule has 30 heavy (non-hydrogen) atoms. The first-order valence-corrected chi connectivity index (χ1v) is 10.9. The molecule has 0 radical (unpaired) electrons. The van der Waals surface area contributed by atoms with Gasteiger partial charge in [0, 0.05) is 42.4 Å². The Hall–Kier alpha value is -2.07. The van der Waals surface area contributed by atoms with Gasteiger partial charge in [0.15, 0.2) is 5.96 Å². The van der Waals surface area contributed by atoms with Gasteiger partial charge >= 0.3 is 0 Å². The van der Waals surface area contributed by atoms with Gasteiger partial charge in [0.05, 0.1) is 30.5 Å². The van der Waals surface area contributed by atoms with Crippen LogP contribution in [0.4, 0.5) is 0 Å². The molecule has 3 heterocycles. The van der Waals surface area contributed by atoms with E-state index >= 15 is 0 Å². The molecule has 160 valence electrons. The van der Waals surface area contributed by atoms with Crippen LogP contribution in [0.5, 0.6) is 5.75 Å². The second-order valence-electron chi connectivity index (χ2n) is 7.09. The number of para-hydroxylation sites is 1. The van der Waals surface area contributed by atoms with Crippen molar-refractivity contribution in [3.8, 4) is 5.75 Å². The van der Waals surface area contributed by atoms with E-state index in [1.54, 1.807) is 17.6 Å². The molecule has 0 bridgehead atoms. The zero-order valence-electron chi connectivity index (χ0n) is 16.9. The van der Waals surface area contributed by atoms with Crippen LogP contribution in [0, 0.1) is 0 Å². The van der Waals surface area contributed by atoms with Crippen molar-refractivity contribution < 1.29 is 9.15 Å². The molecule has 4 rings (SSSR count). The van der Waals surface area contributed by atoms with Gasteiger partial charge in [-0.15, -0.1) is 35.3 Å². The van der Waals surface area contributed by atoms with Gasteiger partial charge in [-0.2, -0.15) is 0 Å². The van der Waals surface area contributed by atoms with Crippen molar-refractivity contribution in [3.05, 3.63) is 70.6 Å². The van der Waals surface area contributed by atoms with Crippen LogP contribution in [-0.4, -0.2) is 30.6 Å². The number of fused-ring (bicyclic) bond motifs is 1. The second-order valence-corrected chi connectivity index (χ2v) is 8.01. The van der Waals surface area contributed by atoms with E-state index in [9.17, 15) is 0 Å². The molecule has 0 aliphatic carbocycles. The summed E-state index contributed by atoms with van der Waals surface area (Å²) >= 11 is 1.68.